The van der Waals surface area contributed by atoms with Crippen molar-refractivity contribution in [3.63, 3.8) is 0 Å². The minimum absolute atomic E-state index is 0.349. The molecule has 0 aromatic carbocycles. The molecule has 2 nitrogen and oxygen atoms in total. The van der Waals surface area contributed by atoms with Crippen LogP contribution < -0.4 is 5.73 Å². The van der Waals surface area contributed by atoms with E-state index in [1.807, 2.05) is 0 Å². The predicted octanol–water partition coefficient (Wildman–Crippen LogP) is 3.49. The van der Waals surface area contributed by atoms with Crippen molar-refractivity contribution in [2.24, 2.45) is 11.7 Å². The van der Waals surface area contributed by atoms with Crippen LogP contribution >= 0.6 is 27.3 Å². The molecular weight excluding hydrogens is 284 g/mol. The van der Waals surface area contributed by atoms with Crippen LogP contribution in [0.3, 0.4) is 0 Å². The molecule has 4 heteroatoms. The first-order valence-electron chi connectivity index (χ1n) is 5.77. The van der Waals surface area contributed by atoms with Gasteiger partial charge in [-0.2, -0.15) is 0 Å². The second-order valence-electron chi connectivity index (χ2n) is 4.37. The molecule has 0 saturated carbocycles. The summed E-state index contributed by atoms with van der Waals surface area (Å²) in [4.78, 5) is 3.81. The van der Waals surface area contributed by atoms with Crippen molar-refractivity contribution in [3.05, 3.63) is 20.8 Å². The van der Waals surface area contributed by atoms with Crippen molar-refractivity contribution in [1.29, 1.82) is 0 Å². The van der Waals surface area contributed by atoms with Gasteiger partial charge < -0.3 is 5.73 Å². The zero-order chi connectivity index (χ0) is 12.1. The van der Waals surface area contributed by atoms with E-state index in [1.165, 1.54) is 9.35 Å². The molecule has 92 valence electrons. The molecule has 0 aliphatic rings. The summed E-state index contributed by atoms with van der Waals surface area (Å²) in [5.74, 6) is 0.674. The number of hydrogen-bond donors (Lipinski definition) is 1. The molecule has 1 atom stereocenters. The fourth-order valence-corrected chi connectivity index (χ4v) is 3.70. The molecule has 0 radical (unpaired) electrons. The van der Waals surface area contributed by atoms with Gasteiger partial charge in [0.05, 0.1) is 6.04 Å². The molecule has 1 unspecified atom stereocenters. The summed E-state index contributed by atoms with van der Waals surface area (Å²) in [7, 11) is 0. The maximum atomic E-state index is 5.93. The molecule has 1 aromatic heterocycles. The quantitative estimate of drug-likeness (QED) is 0.872. The Kier molecular flexibility index (Phi) is 5.97. The highest BCUT2D eigenvalue weighted by atomic mass is 79.9. The summed E-state index contributed by atoms with van der Waals surface area (Å²) in [6.07, 6.45) is 0. The lowest BCUT2D eigenvalue weighted by Crippen LogP contribution is -2.35. The first-order valence-corrected chi connectivity index (χ1v) is 7.44. The summed E-state index contributed by atoms with van der Waals surface area (Å²) in [5, 5.41) is 2.12. The fraction of sp³-hybridized carbons (Fsp3) is 0.667. The van der Waals surface area contributed by atoms with E-state index in [1.54, 1.807) is 11.3 Å². The van der Waals surface area contributed by atoms with E-state index in [2.05, 4.69) is 53.0 Å². The SMILES string of the molecule is CCN(CC(C)C)C(CN)c1sccc1Br. The van der Waals surface area contributed by atoms with Gasteiger partial charge in [0, 0.05) is 22.4 Å². The van der Waals surface area contributed by atoms with Gasteiger partial charge in [-0.1, -0.05) is 20.8 Å². The van der Waals surface area contributed by atoms with Crippen molar-refractivity contribution in [1.82, 2.24) is 4.90 Å². The van der Waals surface area contributed by atoms with Crippen LogP contribution in [0.4, 0.5) is 0 Å². The number of rotatable bonds is 6. The van der Waals surface area contributed by atoms with Crippen LogP contribution in [0.2, 0.25) is 0 Å². The largest absolute Gasteiger partial charge is 0.329 e. The van der Waals surface area contributed by atoms with Crippen LogP contribution in [0.15, 0.2) is 15.9 Å². The number of hydrogen-bond acceptors (Lipinski definition) is 3. The number of likely N-dealkylation sites (N-methyl/N-ethyl adjacent to an activating group) is 1. The van der Waals surface area contributed by atoms with Crippen LogP contribution in [0.1, 0.15) is 31.7 Å². The molecular formula is C12H21BrN2S. The highest BCUT2D eigenvalue weighted by Crippen LogP contribution is 2.32. The monoisotopic (exact) mass is 304 g/mol. The highest BCUT2D eigenvalue weighted by Gasteiger charge is 2.21. The van der Waals surface area contributed by atoms with Crippen molar-refractivity contribution in [3.8, 4) is 0 Å². The smallest absolute Gasteiger partial charge is 0.0575 e. The Labute approximate surface area is 111 Å². The van der Waals surface area contributed by atoms with Gasteiger partial charge in [-0.15, -0.1) is 11.3 Å². The minimum Gasteiger partial charge on any atom is -0.329 e. The van der Waals surface area contributed by atoms with E-state index in [9.17, 15) is 0 Å². The third-order valence-corrected chi connectivity index (χ3v) is 4.59. The van der Waals surface area contributed by atoms with E-state index in [0.29, 0.717) is 18.5 Å². The molecule has 1 rings (SSSR count). The second kappa shape index (κ2) is 6.74. The van der Waals surface area contributed by atoms with E-state index in [0.717, 1.165) is 13.1 Å². The van der Waals surface area contributed by atoms with Gasteiger partial charge in [0.2, 0.25) is 0 Å². The van der Waals surface area contributed by atoms with Gasteiger partial charge in [0.25, 0.3) is 0 Å². The lowest BCUT2D eigenvalue weighted by Gasteiger charge is -2.30. The third kappa shape index (κ3) is 3.55. The average molecular weight is 305 g/mol. The Morgan fingerprint density at radius 3 is 2.56 bits per heavy atom. The Bertz CT molecular complexity index is 312. The van der Waals surface area contributed by atoms with Gasteiger partial charge in [0.1, 0.15) is 0 Å². The first kappa shape index (κ1) is 14.2. The van der Waals surface area contributed by atoms with Crippen LogP contribution in [-0.4, -0.2) is 24.5 Å². The summed E-state index contributed by atoms with van der Waals surface area (Å²) < 4.78 is 1.19. The standard InChI is InChI=1S/C12H21BrN2S/c1-4-15(8-9(2)3)11(7-14)12-10(13)5-6-16-12/h5-6,9,11H,4,7-8,14H2,1-3H3. The molecule has 16 heavy (non-hydrogen) atoms. The van der Waals surface area contributed by atoms with Gasteiger partial charge in [-0.05, 0) is 39.8 Å². The summed E-state index contributed by atoms with van der Waals surface area (Å²) >= 11 is 5.38. The van der Waals surface area contributed by atoms with Gasteiger partial charge in [-0.3, -0.25) is 4.90 Å². The van der Waals surface area contributed by atoms with Crippen LogP contribution in [0.25, 0.3) is 0 Å². The normalized spacial score (nSPS) is 13.7. The first-order chi connectivity index (χ1) is 7.60. The molecule has 1 aromatic rings. The molecule has 0 aliphatic carbocycles. The topological polar surface area (TPSA) is 29.3 Å². The van der Waals surface area contributed by atoms with Gasteiger partial charge in [-0.25, -0.2) is 0 Å². The summed E-state index contributed by atoms with van der Waals surface area (Å²) in [6, 6.07) is 2.45. The molecule has 1 heterocycles. The van der Waals surface area contributed by atoms with E-state index >= 15 is 0 Å². The summed E-state index contributed by atoms with van der Waals surface area (Å²) in [6.45, 7) is 9.53. The second-order valence-corrected chi connectivity index (χ2v) is 6.17. The van der Waals surface area contributed by atoms with Crippen LogP contribution in [0, 0.1) is 5.92 Å². The maximum absolute atomic E-state index is 5.93. The van der Waals surface area contributed by atoms with Crippen LogP contribution in [0.5, 0.6) is 0 Å². The molecule has 0 saturated heterocycles. The van der Waals surface area contributed by atoms with Crippen LogP contribution in [-0.2, 0) is 0 Å². The van der Waals surface area contributed by atoms with E-state index in [4.69, 9.17) is 5.73 Å². The maximum Gasteiger partial charge on any atom is 0.0575 e. The predicted molar refractivity (Wildman–Crippen MR) is 75.9 cm³/mol. The Balaban J connectivity index is 2.83. The molecule has 0 fully saturated rings. The third-order valence-electron chi connectivity index (χ3n) is 2.62. The molecule has 0 amide bonds. The molecule has 0 spiro atoms. The van der Waals surface area contributed by atoms with E-state index in [-0.39, 0.29) is 0 Å². The Hall–Kier alpha value is 0.100. The Morgan fingerprint density at radius 1 is 1.50 bits per heavy atom. The van der Waals surface area contributed by atoms with Crippen molar-refractivity contribution >= 4 is 27.3 Å². The van der Waals surface area contributed by atoms with Crippen molar-refractivity contribution < 1.29 is 0 Å². The molecule has 0 aliphatic heterocycles. The minimum atomic E-state index is 0.349. The number of nitrogens with zero attached hydrogens (tertiary/aromatic N) is 1. The highest BCUT2D eigenvalue weighted by molar-refractivity contribution is 9.10. The van der Waals surface area contributed by atoms with Gasteiger partial charge in [0.15, 0.2) is 0 Å². The zero-order valence-electron chi connectivity index (χ0n) is 10.2. The van der Waals surface area contributed by atoms with Crippen molar-refractivity contribution in [2.75, 3.05) is 19.6 Å². The molecule has 0 bridgehead atoms. The Morgan fingerprint density at radius 2 is 2.19 bits per heavy atom. The van der Waals surface area contributed by atoms with Gasteiger partial charge >= 0.3 is 0 Å². The number of thiophene rings is 1. The van der Waals surface area contributed by atoms with Crippen molar-refractivity contribution in [2.45, 2.75) is 26.8 Å². The number of halogens is 1. The lowest BCUT2D eigenvalue weighted by atomic mass is 10.1. The van der Waals surface area contributed by atoms with E-state index < -0.39 is 0 Å². The zero-order valence-corrected chi connectivity index (χ0v) is 12.6. The average Bonchev–Trinajstić information content (AvgIpc) is 2.64. The molecule has 2 N–H and O–H groups in total. The summed E-state index contributed by atoms with van der Waals surface area (Å²) in [5.41, 5.74) is 5.93. The lowest BCUT2D eigenvalue weighted by molar-refractivity contribution is 0.191. The number of nitrogens with two attached hydrogens (primary N) is 1. The fourth-order valence-electron chi connectivity index (χ4n) is 1.91.